The summed E-state index contributed by atoms with van der Waals surface area (Å²) < 4.78 is 0. The summed E-state index contributed by atoms with van der Waals surface area (Å²) in [4.78, 5) is 10.9. The number of hydrogen-bond donors (Lipinski definition) is 0. The molecule has 1 aromatic heterocycles. The van der Waals surface area contributed by atoms with Crippen molar-refractivity contribution in [1.82, 2.24) is 4.98 Å². The van der Waals surface area contributed by atoms with E-state index < -0.39 is 0 Å². The summed E-state index contributed by atoms with van der Waals surface area (Å²) in [5.41, 5.74) is 17.7. The normalized spacial score (nSPS) is 14.0. The van der Waals surface area contributed by atoms with Crippen LogP contribution in [0.25, 0.3) is 55.5 Å². The molecule has 0 radical (unpaired) electrons. The minimum absolute atomic E-state index is 0.146. The van der Waals surface area contributed by atoms with Gasteiger partial charge >= 0.3 is 0 Å². The molecule has 0 aliphatic carbocycles. The van der Waals surface area contributed by atoms with Crippen molar-refractivity contribution in [3.63, 3.8) is 0 Å². The van der Waals surface area contributed by atoms with E-state index in [9.17, 15) is 0 Å². The number of pyridine rings is 1. The van der Waals surface area contributed by atoms with Gasteiger partial charge in [-0.05, 0) is 68.6 Å². The molecule has 2 heterocycles. The first-order valence-corrected chi connectivity index (χ1v) is 18.1. The molecule has 0 N–H and O–H groups in total. The van der Waals surface area contributed by atoms with Crippen molar-refractivity contribution >= 4 is 16.6 Å². The van der Waals surface area contributed by atoms with Crippen molar-refractivity contribution in [1.29, 1.82) is 0 Å². The highest BCUT2D eigenvalue weighted by Gasteiger charge is 2.26. The zero-order valence-corrected chi connectivity index (χ0v) is 29.2. The van der Waals surface area contributed by atoms with Crippen LogP contribution >= 0.6 is 0 Å². The van der Waals surface area contributed by atoms with Crippen molar-refractivity contribution in [3.8, 4) is 44.6 Å². The van der Waals surface area contributed by atoms with Gasteiger partial charge in [-0.2, -0.15) is 0 Å². The molecule has 1 atom stereocenters. The molecule has 1 aliphatic heterocycles. The lowest BCUT2D eigenvalue weighted by atomic mass is 9.82. The van der Waals surface area contributed by atoms with Crippen LogP contribution in [0.5, 0.6) is 0 Å². The molecular formula is C50H38N2. The van der Waals surface area contributed by atoms with Crippen LogP contribution in [-0.4, -0.2) is 10.7 Å². The number of hydrogen-bond acceptors (Lipinski definition) is 2. The molecule has 0 saturated heterocycles. The molecule has 8 aromatic rings. The minimum Gasteiger partial charge on any atom is -0.284 e. The molecule has 0 amide bonds. The molecule has 0 bridgehead atoms. The highest BCUT2D eigenvalue weighted by atomic mass is 14.8. The largest absolute Gasteiger partial charge is 0.284 e. The molecule has 0 fully saturated rings. The van der Waals surface area contributed by atoms with Gasteiger partial charge in [-0.3, -0.25) is 4.99 Å². The molecule has 1 aliphatic rings. The SMILES string of the molecule is Cc1ccccc1-c1cc(-c2ccc(-c3ccccc3)cc2)nc2c3c(ccc12)C(c1ccccc1)CC(c1ccc(-c2ccccc2)cc1)=NC3. The first-order valence-electron chi connectivity index (χ1n) is 18.1. The Balaban J connectivity index is 1.21. The molecule has 52 heavy (non-hydrogen) atoms. The van der Waals surface area contributed by atoms with E-state index in [1.165, 1.54) is 61.2 Å². The zero-order valence-electron chi connectivity index (χ0n) is 29.2. The van der Waals surface area contributed by atoms with E-state index in [4.69, 9.17) is 9.98 Å². The van der Waals surface area contributed by atoms with Gasteiger partial charge in [-0.25, -0.2) is 4.98 Å². The number of rotatable bonds is 6. The fourth-order valence-corrected chi connectivity index (χ4v) is 7.79. The summed E-state index contributed by atoms with van der Waals surface area (Å²) in [6.45, 7) is 2.77. The van der Waals surface area contributed by atoms with Gasteiger partial charge in [0.15, 0.2) is 0 Å². The van der Waals surface area contributed by atoms with Gasteiger partial charge in [-0.1, -0.05) is 176 Å². The van der Waals surface area contributed by atoms with Gasteiger partial charge in [0.25, 0.3) is 0 Å². The minimum atomic E-state index is 0.146. The van der Waals surface area contributed by atoms with Crippen LogP contribution < -0.4 is 0 Å². The third kappa shape index (κ3) is 6.03. The van der Waals surface area contributed by atoms with Crippen LogP contribution in [0.4, 0.5) is 0 Å². The maximum absolute atomic E-state index is 5.52. The maximum Gasteiger partial charge on any atom is 0.0769 e. The second-order valence-corrected chi connectivity index (χ2v) is 13.7. The van der Waals surface area contributed by atoms with E-state index in [2.05, 4.69) is 189 Å². The Bertz CT molecular complexity index is 2530. The van der Waals surface area contributed by atoms with E-state index in [1.54, 1.807) is 0 Å². The Hall–Kier alpha value is -6.38. The smallest absolute Gasteiger partial charge is 0.0769 e. The van der Waals surface area contributed by atoms with E-state index in [0.717, 1.165) is 34.3 Å². The molecule has 9 rings (SSSR count). The molecule has 2 heteroatoms. The highest BCUT2D eigenvalue weighted by Crippen LogP contribution is 2.42. The average molecular weight is 667 g/mol. The van der Waals surface area contributed by atoms with Crippen LogP contribution in [0.3, 0.4) is 0 Å². The fourth-order valence-electron chi connectivity index (χ4n) is 7.79. The van der Waals surface area contributed by atoms with Crippen LogP contribution in [-0.2, 0) is 6.54 Å². The first-order chi connectivity index (χ1) is 25.7. The number of fused-ring (bicyclic) bond motifs is 3. The molecule has 0 saturated carbocycles. The van der Waals surface area contributed by atoms with Crippen molar-refractivity contribution < 1.29 is 0 Å². The monoisotopic (exact) mass is 666 g/mol. The maximum atomic E-state index is 5.52. The van der Waals surface area contributed by atoms with Crippen LogP contribution in [0.1, 0.15) is 40.2 Å². The van der Waals surface area contributed by atoms with Gasteiger partial charge in [-0.15, -0.1) is 0 Å². The Morgan fingerprint density at radius 1 is 0.481 bits per heavy atom. The predicted molar refractivity (Wildman–Crippen MR) is 218 cm³/mol. The van der Waals surface area contributed by atoms with E-state index in [1.807, 2.05) is 0 Å². The van der Waals surface area contributed by atoms with Crippen LogP contribution in [0.2, 0.25) is 0 Å². The zero-order chi connectivity index (χ0) is 34.9. The standard InChI is InChI=1S/C50H38N2/c1-34-13-11-12-20-42(34)46-32-49(41-27-23-38(24-28-41)36-16-7-3-8-17-36)52-50-44(46)30-29-43-45(39-18-9-4-10-19-39)31-48(51-33-47(43)50)40-25-21-37(22-26-40)35-14-5-2-6-15-35/h2-30,32,45H,31,33H2,1H3. The summed E-state index contributed by atoms with van der Waals surface area (Å²) >= 11 is 0. The Morgan fingerprint density at radius 3 is 1.65 bits per heavy atom. The number of aromatic nitrogens is 1. The Morgan fingerprint density at radius 2 is 1.02 bits per heavy atom. The predicted octanol–water partition coefficient (Wildman–Crippen LogP) is 12.7. The number of benzene rings is 7. The van der Waals surface area contributed by atoms with Gasteiger partial charge in [0, 0.05) is 34.6 Å². The Kier molecular flexibility index (Phi) is 8.34. The van der Waals surface area contributed by atoms with E-state index in [0.29, 0.717) is 6.54 Å². The molecule has 2 nitrogen and oxygen atoms in total. The number of nitrogens with zero attached hydrogens (tertiary/aromatic N) is 2. The van der Waals surface area contributed by atoms with Crippen LogP contribution in [0, 0.1) is 6.92 Å². The van der Waals surface area contributed by atoms with Crippen LogP contribution in [0.15, 0.2) is 187 Å². The summed E-state index contributed by atoms with van der Waals surface area (Å²) in [5, 5.41) is 1.16. The van der Waals surface area contributed by atoms with Gasteiger partial charge in [0.1, 0.15) is 0 Å². The summed E-state index contributed by atoms with van der Waals surface area (Å²) in [7, 11) is 0. The topological polar surface area (TPSA) is 25.2 Å². The Labute approximate surface area is 305 Å². The third-order valence-corrected chi connectivity index (χ3v) is 10.6. The molecular weight excluding hydrogens is 629 g/mol. The quantitative estimate of drug-likeness (QED) is 0.173. The highest BCUT2D eigenvalue weighted by molar-refractivity contribution is 6.03. The molecule has 248 valence electrons. The van der Waals surface area contributed by atoms with E-state index in [-0.39, 0.29) is 5.92 Å². The first kappa shape index (κ1) is 31.6. The van der Waals surface area contributed by atoms with Crippen molar-refractivity contribution in [3.05, 3.63) is 210 Å². The van der Waals surface area contributed by atoms with Crippen molar-refractivity contribution in [2.75, 3.05) is 0 Å². The molecule has 7 aromatic carbocycles. The summed E-state index contributed by atoms with van der Waals surface area (Å²) in [5.74, 6) is 0.146. The number of aryl methyl sites for hydroxylation is 1. The lowest BCUT2D eigenvalue weighted by Gasteiger charge is -2.21. The van der Waals surface area contributed by atoms with Gasteiger partial charge < -0.3 is 0 Å². The van der Waals surface area contributed by atoms with E-state index >= 15 is 0 Å². The van der Waals surface area contributed by atoms with Crippen molar-refractivity contribution in [2.45, 2.75) is 25.8 Å². The summed E-state index contributed by atoms with van der Waals surface area (Å²) in [6, 6.07) is 65.4. The molecule has 0 spiro atoms. The lowest BCUT2D eigenvalue weighted by molar-refractivity contribution is 0.856. The van der Waals surface area contributed by atoms with Crippen molar-refractivity contribution in [2.24, 2.45) is 4.99 Å². The fraction of sp³-hybridized carbons (Fsp3) is 0.0800. The summed E-state index contributed by atoms with van der Waals surface area (Å²) in [6.07, 6.45) is 0.818. The number of aliphatic imine (C=N–C) groups is 1. The van der Waals surface area contributed by atoms with Gasteiger partial charge in [0.2, 0.25) is 0 Å². The third-order valence-electron chi connectivity index (χ3n) is 10.6. The molecule has 1 unspecified atom stereocenters. The average Bonchev–Trinajstić information content (AvgIpc) is 3.42. The second kappa shape index (κ2) is 13.7. The lowest BCUT2D eigenvalue weighted by Crippen LogP contribution is -2.09. The second-order valence-electron chi connectivity index (χ2n) is 13.7. The van der Waals surface area contributed by atoms with Gasteiger partial charge in [0.05, 0.1) is 17.8 Å².